The summed E-state index contributed by atoms with van der Waals surface area (Å²) >= 11 is 0. The zero-order valence-corrected chi connectivity index (χ0v) is 11.7. The summed E-state index contributed by atoms with van der Waals surface area (Å²) in [4.78, 5) is 6.49. The first-order valence-corrected chi connectivity index (χ1v) is 6.10. The predicted octanol–water partition coefficient (Wildman–Crippen LogP) is 1.14. The first-order valence-electron chi connectivity index (χ1n) is 6.10. The van der Waals surface area contributed by atoms with Gasteiger partial charge in [-0.2, -0.15) is 0 Å². The maximum Gasteiger partial charge on any atom is 0.183 e. The monoisotopic (exact) mass is 253 g/mol. The summed E-state index contributed by atoms with van der Waals surface area (Å²) in [5.41, 5.74) is 0.877. The van der Waals surface area contributed by atoms with Crippen molar-refractivity contribution in [3.63, 3.8) is 0 Å². The Morgan fingerprint density at radius 3 is 2.67 bits per heavy atom. The standard InChI is InChI=1S/C13H23N3O2/c1-16(2)9-5-7-14-10-11-13(18-4)12(17-3)6-8-15-11/h6,8,14H,5,7,9-10H2,1-4H3. The van der Waals surface area contributed by atoms with Crippen molar-refractivity contribution in [2.45, 2.75) is 13.0 Å². The first kappa shape index (κ1) is 14.7. The fourth-order valence-corrected chi connectivity index (χ4v) is 1.70. The van der Waals surface area contributed by atoms with E-state index in [1.165, 1.54) is 0 Å². The van der Waals surface area contributed by atoms with E-state index in [9.17, 15) is 0 Å². The zero-order chi connectivity index (χ0) is 13.4. The van der Waals surface area contributed by atoms with Crippen LogP contribution in [0.25, 0.3) is 0 Å². The van der Waals surface area contributed by atoms with Crippen LogP contribution < -0.4 is 14.8 Å². The van der Waals surface area contributed by atoms with Crippen LogP contribution in [-0.4, -0.2) is 51.3 Å². The van der Waals surface area contributed by atoms with Crippen LogP contribution in [0, 0.1) is 0 Å². The second-order valence-corrected chi connectivity index (χ2v) is 4.33. The summed E-state index contributed by atoms with van der Waals surface area (Å²) in [6.07, 6.45) is 2.84. The first-order chi connectivity index (χ1) is 8.69. The Labute approximate surface area is 109 Å². The number of hydrogen-bond acceptors (Lipinski definition) is 5. The van der Waals surface area contributed by atoms with Crippen LogP contribution in [0.1, 0.15) is 12.1 Å². The summed E-state index contributed by atoms with van der Waals surface area (Å²) in [5.74, 6) is 1.43. The Bertz CT molecular complexity index is 356. The molecule has 5 nitrogen and oxygen atoms in total. The van der Waals surface area contributed by atoms with E-state index >= 15 is 0 Å². The molecule has 5 heteroatoms. The fraction of sp³-hybridized carbons (Fsp3) is 0.615. The van der Waals surface area contributed by atoms with Gasteiger partial charge in [-0.3, -0.25) is 4.98 Å². The highest BCUT2D eigenvalue weighted by atomic mass is 16.5. The molecule has 1 aromatic rings. The van der Waals surface area contributed by atoms with Gasteiger partial charge >= 0.3 is 0 Å². The van der Waals surface area contributed by atoms with E-state index in [2.05, 4.69) is 29.3 Å². The van der Waals surface area contributed by atoms with Crippen molar-refractivity contribution in [3.05, 3.63) is 18.0 Å². The SMILES string of the molecule is COc1ccnc(CNCCCN(C)C)c1OC. The minimum absolute atomic E-state index is 0.688. The van der Waals surface area contributed by atoms with Gasteiger partial charge in [0.1, 0.15) is 0 Å². The molecule has 0 atom stereocenters. The summed E-state index contributed by atoms with van der Waals surface area (Å²) < 4.78 is 10.6. The molecule has 0 aliphatic heterocycles. The molecule has 1 rings (SSSR count). The Balaban J connectivity index is 2.46. The lowest BCUT2D eigenvalue weighted by Crippen LogP contribution is -2.21. The van der Waals surface area contributed by atoms with E-state index in [1.54, 1.807) is 26.5 Å². The smallest absolute Gasteiger partial charge is 0.183 e. The van der Waals surface area contributed by atoms with Crippen LogP contribution >= 0.6 is 0 Å². The number of aromatic nitrogens is 1. The van der Waals surface area contributed by atoms with Crippen molar-refractivity contribution in [2.75, 3.05) is 41.4 Å². The van der Waals surface area contributed by atoms with Gasteiger partial charge in [0.05, 0.1) is 19.9 Å². The number of nitrogens with one attached hydrogen (secondary N) is 1. The second-order valence-electron chi connectivity index (χ2n) is 4.33. The van der Waals surface area contributed by atoms with Crippen molar-refractivity contribution < 1.29 is 9.47 Å². The predicted molar refractivity (Wildman–Crippen MR) is 72.2 cm³/mol. The van der Waals surface area contributed by atoms with Gasteiger partial charge in [-0.1, -0.05) is 0 Å². The number of methoxy groups -OCH3 is 2. The summed E-state index contributed by atoms with van der Waals surface area (Å²) in [6, 6.07) is 1.80. The van der Waals surface area contributed by atoms with Crippen LogP contribution in [0.2, 0.25) is 0 Å². The summed E-state index contributed by atoms with van der Waals surface area (Å²) in [6.45, 7) is 2.73. The van der Waals surface area contributed by atoms with Gasteiger partial charge in [0.25, 0.3) is 0 Å². The highest BCUT2D eigenvalue weighted by molar-refractivity contribution is 5.42. The van der Waals surface area contributed by atoms with Crippen LogP contribution in [0.4, 0.5) is 0 Å². The van der Waals surface area contributed by atoms with Gasteiger partial charge < -0.3 is 19.7 Å². The average molecular weight is 253 g/mol. The Kier molecular flexibility index (Phi) is 6.46. The zero-order valence-electron chi connectivity index (χ0n) is 11.7. The van der Waals surface area contributed by atoms with Gasteiger partial charge in [0.2, 0.25) is 0 Å². The van der Waals surface area contributed by atoms with E-state index in [0.29, 0.717) is 12.3 Å². The van der Waals surface area contributed by atoms with Crippen LogP contribution in [0.15, 0.2) is 12.3 Å². The van der Waals surface area contributed by atoms with Gasteiger partial charge in [-0.05, 0) is 33.6 Å². The maximum absolute atomic E-state index is 5.33. The third-order valence-corrected chi connectivity index (χ3v) is 2.62. The molecular weight excluding hydrogens is 230 g/mol. The molecule has 0 fully saturated rings. The van der Waals surface area contributed by atoms with E-state index in [1.807, 2.05) is 0 Å². The molecule has 0 bridgehead atoms. The van der Waals surface area contributed by atoms with E-state index in [0.717, 1.165) is 31.0 Å². The molecular formula is C13H23N3O2. The molecule has 0 unspecified atom stereocenters. The molecule has 0 spiro atoms. The fourth-order valence-electron chi connectivity index (χ4n) is 1.70. The van der Waals surface area contributed by atoms with E-state index in [-0.39, 0.29) is 0 Å². The molecule has 1 aromatic heterocycles. The maximum atomic E-state index is 5.33. The number of rotatable bonds is 8. The Hall–Kier alpha value is -1.33. The Morgan fingerprint density at radius 2 is 2.06 bits per heavy atom. The lowest BCUT2D eigenvalue weighted by Gasteiger charge is -2.13. The third kappa shape index (κ3) is 4.50. The average Bonchev–Trinajstić information content (AvgIpc) is 2.37. The topological polar surface area (TPSA) is 46.6 Å². The molecule has 1 N–H and O–H groups in total. The molecule has 0 saturated heterocycles. The normalized spacial score (nSPS) is 10.7. The molecule has 0 radical (unpaired) electrons. The quantitative estimate of drug-likeness (QED) is 0.704. The molecule has 18 heavy (non-hydrogen) atoms. The molecule has 0 aliphatic carbocycles. The van der Waals surface area contributed by atoms with Gasteiger partial charge in [-0.15, -0.1) is 0 Å². The summed E-state index contributed by atoms with van der Waals surface area (Å²) in [5, 5.41) is 3.36. The molecule has 0 aliphatic rings. The molecule has 0 aromatic carbocycles. The van der Waals surface area contributed by atoms with Crippen LogP contribution in [-0.2, 0) is 6.54 Å². The van der Waals surface area contributed by atoms with Crippen molar-refractivity contribution in [1.82, 2.24) is 15.2 Å². The number of ether oxygens (including phenoxy) is 2. The molecule has 1 heterocycles. The largest absolute Gasteiger partial charge is 0.493 e. The Morgan fingerprint density at radius 1 is 1.28 bits per heavy atom. The van der Waals surface area contributed by atoms with Crippen molar-refractivity contribution in [2.24, 2.45) is 0 Å². The van der Waals surface area contributed by atoms with Gasteiger partial charge in [0.15, 0.2) is 11.5 Å². The lowest BCUT2D eigenvalue weighted by molar-refractivity contribution is 0.347. The van der Waals surface area contributed by atoms with Gasteiger partial charge in [-0.25, -0.2) is 0 Å². The minimum Gasteiger partial charge on any atom is -0.493 e. The van der Waals surface area contributed by atoms with Crippen molar-refractivity contribution in [1.29, 1.82) is 0 Å². The van der Waals surface area contributed by atoms with Crippen molar-refractivity contribution in [3.8, 4) is 11.5 Å². The molecule has 0 amide bonds. The highest BCUT2D eigenvalue weighted by Crippen LogP contribution is 2.28. The number of pyridine rings is 1. The summed E-state index contributed by atoms with van der Waals surface area (Å²) in [7, 11) is 7.42. The number of nitrogens with zero attached hydrogens (tertiary/aromatic N) is 2. The number of hydrogen-bond donors (Lipinski definition) is 1. The van der Waals surface area contributed by atoms with E-state index in [4.69, 9.17) is 9.47 Å². The molecule has 102 valence electrons. The highest BCUT2D eigenvalue weighted by Gasteiger charge is 2.10. The minimum atomic E-state index is 0.688. The van der Waals surface area contributed by atoms with Crippen molar-refractivity contribution >= 4 is 0 Å². The third-order valence-electron chi connectivity index (χ3n) is 2.62. The van der Waals surface area contributed by atoms with Gasteiger partial charge in [0, 0.05) is 18.8 Å². The van der Waals surface area contributed by atoms with Crippen LogP contribution in [0.5, 0.6) is 11.5 Å². The lowest BCUT2D eigenvalue weighted by atomic mass is 10.3. The van der Waals surface area contributed by atoms with E-state index < -0.39 is 0 Å². The second kappa shape index (κ2) is 7.89. The van der Waals surface area contributed by atoms with Crippen LogP contribution in [0.3, 0.4) is 0 Å². The molecule has 0 saturated carbocycles.